The number of rotatable bonds is 4. The summed E-state index contributed by atoms with van der Waals surface area (Å²) in [4.78, 5) is 4.57. The van der Waals surface area contributed by atoms with E-state index < -0.39 is 0 Å². The molecule has 1 heterocycles. The van der Waals surface area contributed by atoms with Crippen LogP contribution < -0.4 is 5.32 Å². The van der Waals surface area contributed by atoms with Gasteiger partial charge in [0, 0.05) is 11.6 Å². The van der Waals surface area contributed by atoms with E-state index >= 15 is 0 Å². The molecule has 1 aliphatic carbocycles. The Labute approximate surface area is 102 Å². The lowest BCUT2D eigenvalue weighted by Gasteiger charge is -2.41. The third kappa shape index (κ3) is 1.80. The predicted octanol–water partition coefficient (Wildman–Crippen LogP) is 3.55. The van der Waals surface area contributed by atoms with Crippen LogP contribution in [0.1, 0.15) is 51.5 Å². The molecule has 0 aliphatic heterocycles. The molecule has 16 heavy (non-hydrogen) atoms. The van der Waals surface area contributed by atoms with E-state index in [4.69, 9.17) is 0 Å². The average molecular weight is 238 g/mol. The number of aromatic nitrogens is 1. The first-order valence-electron chi connectivity index (χ1n) is 6.27. The van der Waals surface area contributed by atoms with Gasteiger partial charge in [0.25, 0.3) is 0 Å². The van der Waals surface area contributed by atoms with Crippen LogP contribution in [0.25, 0.3) is 0 Å². The molecule has 1 aromatic rings. The Morgan fingerprint density at radius 1 is 1.44 bits per heavy atom. The number of nitrogens with one attached hydrogen (secondary N) is 1. The normalized spacial score (nSPS) is 28.4. The van der Waals surface area contributed by atoms with Gasteiger partial charge in [-0.2, -0.15) is 0 Å². The highest BCUT2D eigenvalue weighted by Gasteiger charge is 2.51. The van der Waals surface area contributed by atoms with E-state index in [-0.39, 0.29) is 5.54 Å². The summed E-state index contributed by atoms with van der Waals surface area (Å²) in [5.41, 5.74) is 0.442. The topological polar surface area (TPSA) is 24.9 Å². The molecule has 0 bridgehead atoms. The number of hydrogen-bond donors (Lipinski definition) is 1. The molecular formula is C13H22N2S. The van der Waals surface area contributed by atoms with Crippen LogP contribution in [0.15, 0.2) is 11.6 Å². The lowest BCUT2D eigenvalue weighted by molar-refractivity contribution is 0.156. The molecule has 1 unspecified atom stereocenters. The molecule has 3 heteroatoms. The van der Waals surface area contributed by atoms with E-state index in [1.54, 1.807) is 11.3 Å². The summed E-state index contributed by atoms with van der Waals surface area (Å²) in [6, 6.07) is 0. The van der Waals surface area contributed by atoms with Crippen LogP contribution in [0.4, 0.5) is 0 Å². The van der Waals surface area contributed by atoms with Crippen LogP contribution in [0.3, 0.4) is 0 Å². The van der Waals surface area contributed by atoms with Gasteiger partial charge in [-0.15, -0.1) is 11.3 Å². The van der Waals surface area contributed by atoms with E-state index in [1.165, 1.54) is 30.7 Å². The van der Waals surface area contributed by atoms with E-state index in [0.29, 0.717) is 5.41 Å². The fourth-order valence-electron chi connectivity index (χ4n) is 2.92. The van der Waals surface area contributed by atoms with Crippen molar-refractivity contribution in [3.8, 4) is 0 Å². The third-order valence-corrected chi connectivity index (χ3v) is 4.92. The third-order valence-electron chi connectivity index (χ3n) is 3.98. The summed E-state index contributed by atoms with van der Waals surface area (Å²) in [7, 11) is 0. The monoisotopic (exact) mass is 238 g/mol. The average Bonchev–Trinajstić information content (AvgIpc) is 2.83. The zero-order chi connectivity index (χ0) is 11.6. The molecule has 1 aromatic heterocycles. The van der Waals surface area contributed by atoms with Crippen molar-refractivity contribution in [3.63, 3.8) is 0 Å². The molecule has 0 aromatic carbocycles. The van der Waals surface area contributed by atoms with E-state index in [2.05, 4.69) is 36.5 Å². The summed E-state index contributed by atoms with van der Waals surface area (Å²) >= 11 is 1.80. The summed E-state index contributed by atoms with van der Waals surface area (Å²) in [6.07, 6.45) is 6.95. The second-order valence-electron chi connectivity index (χ2n) is 5.41. The molecule has 1 aliphatic rings. The SMILES string of the molecule is CCCNC1(c2nccs2)CCCC1(C)C. The maximum atomic E-state index is 4.57. The molecular weight excluding hydrogens is 216 g/mol. The highest BCUT2D eigenvalue weighted by Crippen LogP contribution is 2.52. The van der Waals surface area contributed by atoms with Gasteiger partial charge in [0.1, 0.15) is 5.01 Å². The number of thiazole rings is 1. The van der Waals surface area contributed by atoms with Crippen molar-refractivity contribution in [3.05, 3.63) is 16.6 Å². The Kier molecular flexibility index (Phi) is 3.36. The molecule has 0 spiro atoms. The smallest absolute Gasteiger partial charge is 0.113 e. The quantitative estimate of drug-likeness (QED) is 0.867. The van der Waals surface area contributed by atoms with Gasteiger partial charge >= 0.3 is 0 Å². The van der Waals surface area contributed by atoms with Gasteiger partial charge in [-0.05, 0) is 31.2 Å². The zero-order valence-corrected chi connectivity index (χ0v) is 11.4. The van der Waals surface area contributed by atoms with Crippen molar-refractivity contribution in [2.45, 2.75) is 52.0 Å². The minimum absolute atomic E-state index is 0.122. The molecule has 2 nitrogen and oxygen atoms in total. The first-order chi connectivity index (χ1) is 7.62. The number of hydrogen-bond acceptors (Lipinski definition) is 3. The molecule has 1 saturated carbocycles. The second-order valence-corrected chi connectivity index (χ2v) is 6.30. The van der Waals surface area contributed by atoms with Crippen molar-refractivity contribution in [1.82, 2.24) is 10.3 Å². The molecule has 0 saturated heterocycles. The van der Waals surface area contributed by atoms with Gasteiger partial charge in [0.15, 0.2) is 0 Å². The molecule has 1 atom stereocenters. The minimum Gasteiger partial charge on any atom is -0.305 e. The van der Waals surface area contributed by atoms with Crippen LogP contribution in [0.2, 0.25) is 0 Å². The van der Waals surface area contributed by atoms with E-state index in [0.717, 1.165) is 6.54 Å². The Hall–Kier alpha value is -0.410. The van der Waals surface area contributed by atoms with Crippen LogP contribution in [-0.2, 0) is 5.54 Å². The fraction of sp³-hybridized carbons (Fsp3) is 0.769. The Morgan fingerprint density at radius 3 is 2.75 bits per heavy atom. The van der Waals surface area contributed by atoms with Gasteiger partial charge in [0.05, 0.1) is 5.54 Å². The molecule has 90 valence electrons. The lowest BCUT2D eigenvalue weighted by Crippen LogP contribution is -2.50. The van der Waals surface area contributed by atoms with Crippen molar-refractivity contribution in [2.24, 2.45) is 5.41 Å². The van der Waals surface area contributed by atoms with Crippen LogP contribution in [0, 0.1) is 5.41 Å². The van der Waals surface area contributed by atoms with Gasteiger partial charge < -0.3 is 5.32 Å². The first-order valence-corrected chi connectivity index (χ1v) is 7.15. The minimum atomic E-state index is 0.122. The highest BCUT2D eigenvalue weighted by molar-refractivity contribution is 7.09. The summed E-state index contributed by atoms with van der Waals surface area (Å²) in [5, 5.41) is 7.16. The lowest BCUT2D eigenvalue weighted by atomic mass is 9.75. The predicted molar refractivity (Wildman–Crippen MR) is 69.7 cm³/mol. The Balaban J connectivity index is 2.33. The van der Waals surface area contributed by atoms with Gasteiger partial charge in [-0.1, -0.05) is 27.2 Å². The highest BCUT2D eigenvalue weighted by atomic mass is 32.1. The van der Waals surface area contributed by atoms with Crippen LogP contribution >= 0.6 is 11.3 Å². The molecule has 0 amide bonds. The maximum Gasteiger partial charge on any atom is 0.113 e. The Morgan fingerprint density at radius 2 is 2.25 bits per heavy atom. The molecule has 1 fully saturated rings. The first kappa shape index (κ1) is 12.1. The second kappa shape index (κ2) is 4.46. The summed E-state index contributed by atoms with van der Waals surface area (Å²) in [6.45, 7) is 8.07. The summed E-state index contributed by atoms with van der Waals surface area (Å²) < 4.78 is 0. The standard InChI is InChI=1S/C13H22N2S/c1-4-8-15-13(11-14-9-10-16-11)7-5-6-12(13,2)3/h9-10,15H,4-8H2,1-3H3. The van der Waals surface area contributed by atoms with Crippen LogP contribution in [-0.4, -0.2) is 11.5 Å². The molecule has 0 radical (unpaired) electrons. The van der Waals surface area contributed by atoms with Gasteiger partial charge in [-0.25, -0.2) is 4.98 Å². The van der Waals surface area contributed by atoms with Crippen LogP contribution in [0.5, 0.6) is 0 Å². The Bertz CT molecular complexity index is 332. The largest absolute Gasteiger partial charge is 0.305 e. The number of nitrogens with zero attached hydrogens (tertiary/aromatic N) is 1. The fourth-order valence-corrected chi connectivity index (χ4v) is 3.94. The van der Waals surface area contributed by atoms with E-state index in [9.17, 15) is 0 Å². The zero-order valence-electron chi connectivity index (χ0n) is 10.5. The van der Waals surface area contributed by atoms with Crippen molar-refractivity contribution >= 4 is 11.3 Å². The summed E-state index contributed by atoms with van der Waals surface area (Å²) in [5.74, 6) is 0. The van der Waals surface area contributed by atoms with Gasteiger partial charge in [0.2, 0.25) is 0 Å². The van der Waals surface area contributed by atoms with Gasteiger partial charge in [-0.3, -0.25) is 0 Å². The van der Waals surface area contributed by atoms with Crippen molar-refractivity contribution < 1.29 is 0 Å². The molecule has 2 rings (SSSR count). The molecule has 1 N–H and O–H groups in total. The van der Waals surface area contributed by atoms with E-state index in [1.807, 2.05) is 6.20 Å². The van der Waals surface area contributed by atoms with Crippen molar-refractivity contribution in [1.29, 1.82) is 0 Å². The maximum absolute atomic E-state index is 4.57. The van der Waals surface area contributed by atoms with Crippen molar-refractivity contribution in [2.75, 3.05) is 6.54 Å².